The van der Waals surface area contributed by atoms with E-state index in [2.05, 4.69) is 26.2 Å². The fourth-order valence-electron chi connectivity index (χ4n) is 1.50. The van der Waals surface area contributed by atoms with E-state index in [1.165, 1.54) is 17.5 Å². The molecule has 8 heteroatoms. The summed E-state index contributed by atoms with van der Waals surface area (Å²) in [4.78, 5) is 3.98. The molecular weight excluding hydrogens is 349 g/mol. The molecule has 0 aromatic carbocycles. The van der Waals surface area contributed by atoms with Crippen LogP contribution in [-0.4, -0.2) is 12.0 Å². The molecule has 0 aliphatic carbocycles. The van der Waals surface area contributed by atoms with Gasteiger partial charge in [0.25, 0.3) is 0 Å². The van der Waals surface area contributed by atoms with Crippen LogP contribution in [0.4, 0.5) is 13.2 Å². The van der Waals surface area contributed by atoms with Crippen LogP contribution in [0.25, 0.3) is 0 Å². The van der Waals surface area contributed by atoms with Gasteiger partial charge in [-0.1, -0.05) is 0 Å². The highest BCUT2D eigenvalue weighted by Crippen LogP contribution is 2.37. The number of nitrogens with zero attached hydrogens (tertiary/aromatic N) is 1. The van der Waals surface area contributed by atoms with Gasteiger partial charge >= 0.3 is 6.18 Å². The van der Waals surface area contributed by atoms with Gasteiger partial charge in [-0.25, -0.2) is 4.98 Å². The van der Waals surface area contributed by atoms with Crippen molar-refractivity contribution in [3.63, 3.8) is 0 Å². The van der Waals surface area contributed by atoms with Gasteiger partial charge in [0.05, 0.1) is 9.83 Å². The van der Waals surface area contributed by atoms with Crippen molar-refractivity contribution in [2.75, 3.05) is 7.05 Å². The first-order valence-corrected chi connectivity index (χ1v) is 7.35. The number of hydrogen-bond acceptors (Lipinski definition) is 4. The van der Waals surface area contributed by atoms with Gasteiger partial charge in [0.1, 0.15) is 0 Å². The smallest absolute Gasteiger partial charge is 0.309 e. The third kappa shape index (κ3) is 2.93. The molecule has 2 aromatic rings. The average Bonchev–Trinajstić information content (AvgIpc) is 2.88. The maximum atomic E-state index is 12.5. The molecule has 0 amide bonds. The largest absolute Gasteiger partial charge is 0.443 e. The van der Waals surface area contributed by atoms with Crippen LogP contribution in [0.3, 0.4) is 0 Å². The lowest BCUT2D eigenvalue weighted by Crippen LogP contribution is -2.15. The minimum absolute atomic E-state index is 0.263. The van der Waals surface area contributed by atoms with E-state index in [9.17, 15) is 13.2 Å². The van der Waals surface area contributed by atoms with Crippen LogP contribution in [-0.2, 0) is 6.18 Å². The summed E-state index contributed by atoms with van der Waals surface area (Å²) in [6, 6.07) is 1.62. The number of hydrogen-bond donors (Lipinski definition) is 1. The Labute approximate surface area is 118 Å². The monoisotopic (exact) mass is 356 g/mol. The Morgan fingerprint density at radius 2 is 2.17 bits per heavy atom. The minimum atomic E-state index is -4.38. The van der Waals surface area contributed by atoms with Gasteiger partial charge in [-0.3, -0.25) is 0 Å². The number of thiazole rings is 1. The van der Waals surface area contributed by atoms with E-state index >= 15 is 0 Å². The van der Waals surface area contributed by atoms with Crippen molar-refractivity contribution >= 4 is 38.6 Å². The zero-order chi connectivity index (χ0) is 13.3. The zero-order valence-corrected chi connectivity index (χ0v) is 12.3. The van der Waals surface area contributed by atoms with Crippen LogP contribution in [0.2, 0.25) is 0 Å². The summed E-state index contributed by atoms with van der Waals surface area (Å²) >= 11 is 5.50. The van der Waals surface area contributed by atoms with Gasteiger partial charge in [-0.2, -0.15) is 13.2 Å². The molecule has 0 aliphatic heterocycles. The van der Waals surface area contributed by atoms with Crippen molar-refractivity contribution in [1.82, 2.24) is 10.3 Å². The standard InChI is InChI=1S/C10H8BrF3N2S2/c1-15-8(5-2-7(11)17-4-5)6-3-16-9(18-6)10(12,13)14/h2-4,8,15H,1H3. The number of rotatable bonds is 3. The number of aromatic nitrogens is 1. The lowest BCUT2D eigenvalue weighted by molar-refractivity contribution is -0.137. The summed E-state index contributed by atoms with van der Waals surface area (Å²) < 4.78 is 38.4. The molecule has 0 saturated heterocycles. The van der Waals surface area contributed by atoms with Crippen molar-refractivity contribution in [3.05, 3.63) is 36.9 Å². The Bertz CT molecular complexity index is 535. The Kier molecular flexibility index (Phi) is 4.10. The molecule has 2 rings (SSSR count). The molecule has 98 valence electrons. The number of alkyl halides is 3. The van der Waals surface area contributed by atoms with Gasteiger partial charge < -0.3 is 5.32 Å². The fraction of sp³-hybridized carbons (Fsp3) is 0.300. The summed E-state index contributed by atoms with van der Waals surface area (Å²) in [5.41, 5.74) is 0.923. The normalized spacial score (nSPS) is 13.8. The van der Waals surface area contributed by atoms with Gasteiger partial charge in [-0.15, -0.1) is 22.7 Å². The number of thiophene rings is 1. The van der Waals surface area contributed by atoms with E-state index < -0.39 is 11.2 Å². The second-order valence-electron chi connectivity index (χ2n) is 3.47. The summed E-state index contributed by atoms with van der Waals surface area (Å²) in [6.45, 7) is 0. The van der Waals surface area contributed by atoms with E-state index in [-0.39, 0.29) is 6.04 Å². The quantitative estimate of drug-likeness (QED) is 0.886. The Morgan fingerprint density at radius 3 is 2.61 bits per heavy atom. The molecule has 1 unspecified atom stereocenters. The van der Waals surface area contributed by atoms with Crippen molar-refractivity contribution < 1.29 is 13.2 Å². The molecule has 0 radical (unpaired) electrons. The van der Waals surface area contributed by atoms with E-state index in [1.54, 1.807) is 7.05 Å². The minimum Gasteiger partial charge on any atom is -0.309 e. The van der Waals surface area contributed by atoms with E-state index in [1.807, 2.05) is 11.4 Å². The van der Waals surface area contributed by atoms with Gasteiger partial charge in [0.15, 0.2) is 5.01 Å². The second kappa shape index (κ2) is 5.28. The van der Waals surface area contributed by atoms with Crippen LogP contribution < -0.4 is 5.32 Å². The zero-order valence-electron chi connectivity index (χ0n) is 9.08. The van der Waals surface area contributed by atoms with Gasteiger partial charge in [0.2, 0.25) is 0 Å². The van der Waals surface area contributed by atoms with Crippen molar-refractivity contribution in [3.8, 4) is 0 Å². The lowest BCUT2D eigenvalue weighted by atomic mass is 10.1. The van der Waals surface area contributed by atoms with E-state index in [0.717, 1.165) is 9.35 Å². The maximum Gasteiger partial charge on any atom is 0.443 e. The Hall–Kier alpha value is -0.440. The molecule has 0 fully saturated rings. The first-order chi connectivity index (χ1) is 8.41. The second-order valence-corrected chi connectivity index (χ2v) is 6.82. The SMILES string of the molecule is CNC(c1csc(Br)c1)c1cnc(C(F)(F)F)s1. The molecule has 0 saturated carbocycles. The maximum absolute atomic E-state index is 12.5. The third-order valence-corrected chi connectivity index (χ3v) is 4.89. The van der Waals surface area contributed by atoms with Gasteiger partial charge in [0, 0.05) is 11.1 Å². The molecular formula is C10H8BrF3N2S2. The van der Waals surface area contributed by atoms with Crippen LogP contribution >= 0.6 is 38.6 Å². The summed E-state index contributed by atoms with van der Waals surface area (Å²) in [7, 11) is 1.71. The number of halogens is 4. The van der Waals surface area contributed by atoms with E-state index in [4.69, 9.17) is 0 Å². The molecule has 18 heavy (non-hydrogen) atoms. The number of nitrogens with one attached hydrogen (secondary N) is 1. The molecule has 1 N–H and O–H groups in total. The first-order valence-electron chi connectivity index (χ1n) is 4.86. The molecule has 2 heterocycles. The van der Waals surface area contributed by atoms with Crippen LogP contribution in [0, 0.1) is 0 Å². The topological polar surface area (TPSA) is 24.9 Å². The lowest BCUT2D eigenvalue weighted by Gasteiger charge is -2.11. The summed E-state index contributed by atoms with van der Waals surface area (Å²) in [6.07, 6.45) is -3.10. The highest BCUT2D eigenvalue weighted by Gasteiger charge is 2.35. The van der Waals surface area contributed by atoms with Gasteiger partial charge in [-0.05, 0) is 40.0 Å². The Balaban J connectivity index is 2.31. The Morgan fingerprint density at radius 1 is 1.44 bits per heavy atom. The average molecular weight is 357 g/mol. The summed E-state index contributed by atoms with van der Waals surface area (Å²) in [5.74, 6) is 0. The van der Waals surface area contributed by atoms with Crippen molar-refractivity contribution in [2.24, 2.45) is 0 Å². The molecule has 0 aliphatic rings. The first kappa shape index (κ1) is 14.0. The highest BCUT2D eigenvalue weighted by atomic mass is 79.9. The van der Waals surface area contributed by atoms with E-state index in [0.29, 0.717) is 16.2 Å². The molecule has 2 aromatic heterocycles. The predicted octanol–water partition coefficient (Wildman–Crippen LogP) is 4.29. The highest BCUT2D eigenvalue weighted by molar-refractivity contribution is 9.11. The predicted molar refractivity (Wildman–Crippen MR) is 70.0 cm³/mol. The molecule has 1 atom stereocenters. The molecule has 2 nitrogen and oxygen atoms in total. The van der Waals surface area contributed by atoms with Crippen LogP contribution in [0.5, 0.6) is 0 Å². The van der Waals surface area contributed by atoms with Crippen LogP contribution in [0.15, 0.2) is 21.4 Å². The molecule has 0 bridgehead atoms. The van der Waals surface area contributed by atoms with Crippen molar-refractivity contribution in [2.45, 2.75) is 12.2 Å². The van der Waals surface area contributed by atoms with Crippen molar-refractivity contribution in [1.29, 1.82) is 0 Å². The van der Waals surface area contributed by atoms with Crippen LogP contribution in [0.1, 0.15) is 21.5 Å². The summed E-state index contributed by atoms with van der Waals surface area (Å²) in [5, 5.41) is 4.09. The molecule has 0 spiro atoms. The third-order valence-electron chi connectivity index (χ3n) is 2.26. The fourth-order valence-corrected chi connectivity index (χ4v) is 3.62.